The van der Waals surface area contributed by atoms with Gasteiger partial charge in [0.25, 0.3) is 0 Å². The van der Waals surface area contributed by atoms with Gasteiger partial charge in [-0.15, -0.1) is 0 Å². The van der Waals surface area contributed by atoms with Gasteiger partial charge in [-0.2, -0.15) is 0 Å². The average molecular weight is 389 g/mol. The van der Waals surface area contributed by atoms with Crippen LogP contribution >= 0.6 is 0 Å². The highest BCUT2D eigenvalue weighted by Gasteiger charge is 2.33. The van der Waals surface area contributed by atoms with Gasteiger partial charge in [0.15, 0.2) is 0 Å². The van der Waals surface area contributed by atoms with E-state index in [1.807, 2.05) is 21.9 Å². The zero-order valence-corrected chi connectivity index (χ0v) is 17.0. The molecule has 0 aromatic heterocycles. The van der Waals surface area contributed by atoms with Crippen molar-refractivity contribution in [2.75, 3.05) is 33.3 Å². The third-order valence-electron chi connectivity index (χ3n) is 6.02. The summed E-state index contributed by atoms with van der Waals surface area (Å²) < 4.78 is 5.26. The summed E-state index contributed by atoms with van der Waals surface area (Å²) >= 11 is 0. The fourth-order valence-electron chi connectivity index (χ4n) is 4.63. The van der Waals surface area contributed by atoms with Crippen molar-refractivity contribution in [1.29, 1.82) is 0 Å². The highest BCUT2D eigenvalue weighted by molar-refractivity contribution is 5.79. The van der Waals surface area contributed by atoms with E-state index in [0.29, 0.717) is 25.4 Å². The summed E-state index contributed by atoms with van der Waals surface area (Å²) in [5, 5.41) is 9.40. The number of methoxy groups -OCH3 is 1. The smallest absolute Gasteiger partial charge is 0.307 e. The van der Waals surface area contributed by atoms with Crippen molar-refractivity contribution in [3.8, 4) is 5.75 Å². The normalized spacial score (nSPS) is 26.5. The topological polar surface area (TPSA) is 70.1 Å². The maximum Gasteiger partial charge on any atom is 0.307 e. The largest absolute Gasteiger partial charge is 0.497 e. The molecule has 6 heteroatoms. The summed E-state index contributed by atoms with van der Waals surface area (Å²) in [6.45, 7) is 4.39. The van der Waals surface area contributed by atoms with Gasteiger partial charge >= 0.3 is 5.97 Å². The number of carboxylic acids is 1. The molecule has 2 saturated heterocycles. The van der Waals surface area contributed by atoms with Crippen molar-refractivity contribution in [2.45, 2.75) is 45.1 Å². The summed E-state index contributed by atoms with van der Waals surface area (Å²) in [4.78, 5) is 28.7. The molecule has 1 aromatic carbocycles. The summed E-state index contributed by atoms with van der Waals surface area (Å²) in [5.41, 5.74) is 1.14. The number of hydrogen-bond acceptors (Lipinski definition) is 4. The first-order valence-electron chi connectivity index (χ1n) is 10.4. The van der Waals surface area contributed by atoms with E-state index >= 15 is 0 Å². The van der Waals surface area contributed by atoms with E-state index in [9.17, 15) is 14.7 Å². The van der Waals surface area contributed by atoms with Crippen LogP contribution in [0.3, 0.4) is 0 Å². The van der Waals surface area contributed by atoms with Crippen LogP contribution in [0.4, 0.5) is 0 Å². The van der Waals surface area contributed by atoms with E-state index in [4.69, 9.17) is 4.74 Å². The van der Waals surface area contributed by atoms with Crippen LogP contribution in [0.15, 0.2) is 24.3 Å². The predicted molar refractivity (Wildman–Crippen MR) is 107 cm³/mol. The Labute approximate surface area is 167 Å². The molecule has 0 bridgehead atoms. The Hall–Kier alpha value is -2.08. The second-order valence-corrected chi connectivity index (χ2v) is 8.30. The van der Waals surface area contributed by atoms with Crippen molar-refractivity contribution in [1.82, 2.24) is 9.80 Å². The fraction of sp³-hybridized carbons (Fsp3) is 0.636. The highest BCUT2D eigenvalue weighted by atomic mass is 16.5. The molecule has 2 aliphatic heterocycles. The van der Waals surface area contributed by atoms with Crippen LogP contribution in [0.1, 0.15) is 50.6 Å². The molecule has 1 N–H and O–H groups in total. The number of ether oxygens (including phenoxy) is 1. The molecule has 6 nitrogen and oxygen atoms in total. The van der Waals surface area contributed by atoms with Gasteiger partial charge in [-0.05, 0) is 42.9 Å². The van der Waals surface area contributed by atoms with Gasteiger partial charge in [0.1, 0.15) is 5.75 Å². The number of piperidine rings is 1. The Bertz CT molecular complexity index is 676. The lowest BCUT2D eigenvalue weighted by molar-refractivity contribution is -0.146. The molecule has 3 rings (SSSR count). The van der Waals surface area contributed by atoms with E-state index in [2.05, 4.69) is 19.1 Å². The number of likely N-dealkylation sites (tertiary alicyclic amines) is 2. The van der Waals surface area contributed by atoms with Gasteiger partial charge in [0, 0.05) is 19.6 Å². The summed E-state index contributed by atoms with van der Waals surface area (Å²) in [7, 11) is 1.65. The van der Waals surface area contributed by atoms with Crippen LogP contribution in [-0.4, -0.2) is 60.1 Å². The Kier molecular flexibility index (Phi) is 6.94. The maximum absolute atomic E-state index is 13.2. The zero-order chi connectivity index (χ0) is 20.1. The fourth-order valence-corrected chi connectivity index (χ4v) is 4.63. The van der Waals surface area contributed by atoms with Gasteiger partial charge in [-0.25, -0.2) is 0 Å². The van der Waals surface area contributed by atoms with E-state index in [0.717, 1.165) is 50.1 Å². The third kappa shape index (κ3) is 5.04. The number of carbonyl (C=O) groups is 2. The molecule has 1 aromatic rings. The Morgan fingerprint density at radius 2 is 1.89 bits per heavy atom. The molecule has 0 spiro atoms. The lowest BCUT2D eigenvalue weighted by Crippen LogP contribution is -2.48. The van der Waals surface area contributed by atoms with E-state index < -0.39 is 5.97 Å². The van der Waals surface area contributed by atoms with E-state index in [1.165, 1.54) is 0 Å². The van der Waals surface area contributed by atoms with E-state index in [-0.39, 0.29) is 17.9 Å². The van der Waals surface area contributed by atoms with Gasteiger partial charge in [0.2, 0.25) is 5.91 Å². The summed E-state index contributed by atoms with van der Waals surface area (Å²) in [6.07, 6.45) is 4.93. The molecule has 3 atom stereocenters. The molecule has 1 amide bonds. The molecule has 2 aliphatic rings. The minimum atomic E-state index is -0.755. The molecule has 0 radical (unpaired) electrons. The number of aliphatic carboxylic acids is 1. The van der Waals surface area contributed by atoms with Crippen molar-refractivity contribution in [3.05, 3.63) is 29.8 Å². The second kappa shape index (κ2) is 9.41. The molecular formula is C22H32N2O4. The number of benzene rings is 1. The maximum atomic E-state index is 13.2. The van der Waals surface area contributed by atoms with Gasteiger partial charge in [-0.3, -0.25) is 14.5 Å². The standard InChI is InChI=1S/C22H32N2O4/c1-16-12-18(22(26)27)14-23(13-16)15-21(25)24-11-5-3-4-6-20(24)17-7-9-19(28-2)10-8-17/h7-10,16,18,20H,3-6,11-15H2,1-2H3,(H,26,27). The highest BCUT2D eigenvalue weighted by Crippen LogP contribution is 2.31. The molecule has 0 aliphatic carbocycles. The number of rotatable bonds is 5. The number of nitrogens with zero attached hydrogens (tertiary/aromatic N) is 2. The van der Waals surface area contributed by atoms with Gasteiger partial charge in [-0.1, -0.05) is 31.9 Å². The van der Waals surface area contributed by atoms with Crippen molar-refractivity contribution in [2.24, 2.45) is 11.8 Å². The second-order valence-electron chi connectivity index (χ2n) is 8.30. The van der Waals surface area contributed by atoms with Crippen LogP contribution in [-0.2, 0) is 9.59 Å². The number of carbonyl (C=O) groups excluding carboxylic acids is 1. The molecule has 28 heavy (non-hydrogen) atoms. The van der Waals surface area contributed by atoms with Crippen LogP contribution in [0, 0.1) is 11.8 Å². The Morgan fingerprint density at radius 3 is 2.57 bits per heavy atom. The summed E-state index contributed by atoms with van der Waals surface area (Å²) in [6, 6.07) is 8.09. The van der Waals surface area contributed by atoms with Crippen LogP contribution < -0.4 is 4.74 Å². The van der Waals surface area contributed by atoms with Crippen molar-refractivity contribution < 1.29 is 19.4 Å². The molecule has 0 saturated carbocycles. The zero-order valence-electron chi connectivity index (χ0n) is 17.0. The van der Waals surface area contributed by atoms with E-state index in [1.54, 1.807) is 7.11 Å². The Morgan fingerprint density at radius 1 is 1.14 bits per heavy atom. The molecule has 2 fully saturated rings. The van der Waals surface area contributed by atoms with Gasteiger partial charge in [0.05, 0.1) is 25.6 Å². The monoisotopic (exact) mass is 388 g/mol. The van der Waals surface area contributed by atoms with Crippen molar-refractivity contribution in [3.63, 3.8) is 0 Å². The molecular weight excluding hydrogens is 356 g/mol. The average Bonchev–Trinajstić information content (AvgIpc) is 2.93. The third-order valence-corrected chi connectivity index (χ3v) is 6.02. The minimum Gasteiger partial charge on any atom is -0.497 e. The Balaban J connectivity index is 1.72. The first kappa shape index (κ1) is 20.6. The first-order valence-corrected chi connectivity index (χ1v) is 10.4. The lowest BCUT2D eigenvalue weighted by Gasteiger charge is -2.37. The number of amides is 1. The lowest BCUT2D eigenvalue weighted by atomic mass is 9.90. The van der Waals surface area contributed by atoms with Crippen LogP contribution in [0.5, 0.6) is 5.75 Å². The predicted octanol–water partition coefficient (Wildman–Crippen LogP) is 3.18. The molecule has 2 heterocycles. The number of carboxylic acid groups (broad SMARTS) is 1. The van der Waals surface area contributed by atoms with Crippen LogP contribution in [0.25, 0.3) is 0 Å². The van der Waals surface area contributed by atoms with Crippen LogP contribution in [0.2, 0.25) is 0 Å². The first-order chi connectivity index (χ1) is 13.5. The van der Waals surface area contributed by atoms with Crippen molar-refractivity contribution >= 4 is 11.9 Å². The number of hydrogen-bond donors (Lipinski definition) is 1. The minimum absolute atomic E-state index is 0.0818. The quantitative estimate of drug-likeness (QED) is 0.839. The van der Waals surface area contributed by atoms with Gasteiger partial charge < -0.3 is 14.7 Å². The molecule has 154 valence electrons. The molecule has 3 unspecified atom stereocenters. The summed E-state index contributed by atoms with van der Waals surface area (Å²) in [5.74, 6) is 0.0929. The SMILES string of the molecule is COc1ccc(C2CCCCCN2C(=O)CN2CC(C)CC(C(=O)O)C2)cc1.